The molecule has 3 unspecified atom stereocenters. The Hall–Kier alpha value is -0.570. The molecule has 19 heavy (non-hydrogen) atoms. The van der Waals surface area contributed by atoms with Crippen molar-refractivity contribution < 1.29 is 4.79 Å². The van der Waals surface area contributed by atoms with Crippen molar-refractivity contribution >= 4 is 5.91 Å². The molecule has 1 saturated heterocycles. The van der Waals surface area contributed by atoms with Crippen molar-refractivity contribution in [3.8, 4) is 0 Å². The Bertz CT molecular complexity index is 351. The Balaban J connectivity index is 1.65. The van der Waals surface area contributed by atoms with E-state index in [1.165, 1.54) is 25.7 Å². The van der Waals surface area contributed by atoms with Gasteiger partial charge < -0.3 is 4.90 Å². The van der Waals surface area contributed by atoms with E-state index >= 15 is 0 Å². The second-order valence-corrected chi connectivity index (χ2v) is 7.13. The summed E-state index contributed by atoms with van der Waals surface area (Å²) in [5.41, 5.74) is -0.125. The van der Waals surface area contributed by atoms with Crippen molar-refractivity contribution in [2.75, 3.05) is 6.54 Å². The molecule has 1 N–H and O–H groups in total. The third kappa shape index (κ3) is 2.54. The molecule has 1 spiro atoms. The Morgan fingerprint density at radius 2 is 2.16 bits per heavy atom. The van der Waals surface area contributed by atoms with Crippen LogP contribution in [0, 0.1) is 11.8 Å². The van der Waals surface area contributed by atoms with Crippen LogP contribution >= 0.6 is 0 Å². The standard InChI is InChI=1S/C16H28N2O/c1-3-5-14-17-16(8-9-16)15(19)18(14)11-13-7-4-6-12(2)10-13/h12-14,17H,3-11H2,1-2H3. The monoisotopic (exact) mass is 264 g/mol. The summed E-state index contributed by atoms with van der Waals surface area (Å²) in [7, 11) is 0. The average molecular weight is 264 g/mol. The van der Waals surface area contributed by atoms with E-state index in [1.807, 2.05) is 0 Å². The minimum absolute atomic E-state index is 0.125. The van der Waals surface area contributed by atoms with E-state index < -0.39 is 0 Å². The molecule has 108 valence electrons. The number of carbonyl (C=O) groups excluding carboxylic acids is 1. The number of hydrogen-bond acceptors (Lipinski definition) is 2. The Morgan fingerprint density at radius 3 is 2.79 bits per heavy atom. The zero-order valence-electron chi connectivity index (χ0n) is 12.5. The molecular formula is C16H28N2O. The molecule has 3 aliphatic rings. The molecule has 0 aromatic rings. The largest absolute Gasteiger partial charge is 0.325 e. The highest BCUT2D eigenvalue weighted by atomic mass is 16.2. The fourth-order valence-electron chi connectivity index (χ4n) is 4.07. The number of amides is 1. The van der Waals surface area contributed by atoms with Gasteiger partial charge in [-0.15, -0.1) is 0 Å². The van der Waals surface area contributed by atoms with Gasteiger partial charge in [-0.1, -0.05) is 33.1 Å². The Kier molecular flexibility index (Phi) is 3.59. The maximum Gasteiger partial charge on any atom is 0.244 e. The van der Waals surface area contributed by atoms with Crippen LogP contribution in [0.5, 0.6) is 0 Å². The van der Waals surface area contributed by atoms with Crippen molar-refractivity contribution in [1.29, 1.82) is 0 Å². The zero-order chi connectivity index (χ0) is 13.5. The normalized spacial score (nSPS) is 37.1. The quantitative estimate of drug-likeness (QED) is 0.847. The number of hydrogen-bond donors (Lipinski definition) is 1. The topological polar surface area (TPSA) is 32.3 Å². The molecule has 2 saturated carbocycles. The molecule has 2 aliphatic carbocycles. The summed E-state index contributed by atoms with van der Waals surface area (Å²) in [6, 6.07) is 0. The van der Waals surface area contributed by atoms with Crippen LogP contribution in [-0.4, -0.2) is 29.1 Å². The van der Waals surface area contributed by atoms with E-state index in [0.717, 1.165) is 44.1 Å². The third-order valence-electron chi connectivity index (χ3n) is 5.30. The van der Waals surface area contributed by atoms with Gasteiger partial charge in [-0.3, -0.25) is 10.1 Å². The van der Waals surface area contributed by atoms with Crippen LogP contribution in [-0.2, 0) is 4.79 Å². The summed E-state index contributed by atoms with van der Waals surface area (Å²) in [5, 5.41) is 3.62. The summed E-state index contributed by atoms with van der Waals surface area (Å²) in [6.45, 7) is 5.58. The Labute approximate surface area is 117 Å². The van der Waals surface area contributed by atoms with Crippen LogP contribution in [0.3, 0.4) is 0 Å². The number of rotatable bonds is 4. The SMILES string of the molecule is CCCC1NC2(CC2)C(=O)N1CC1CCCC(C)C1. The van der Waals surface area contributed by atoms with E-state index in [-0.39, 0.29) is 5.54 Å². The second-order valence-electron chi connectivity index (χ2n) is 7.13. The molecule has 3 rings (SSSR count). The lowest BCUT2D eigenvalue weighted by molar-refractivity contribution is -0.131. The molecule has 3 heteroatoms. The van der Waals surface area contributed by atoms with Crippen molar-refractivity contribution in [1.82, 2.24) is 10.2 Å². The van der Waals surface area contributed by atoms with Crippen molar-refractivity contribution in [3.63, 3.8) is 0 Å². The molecule has 1 heterocycles. The first kappa shape index (κ1) is 13.4. The number of nitrogens with one attached hydrogen (secondary N) is 1. The predicted molar refractivity (Wildman–Crippen MR) is 76.6 cm³/mol. The summed E-state index contributed by atoms with van der Waals surface area (Å²) >= 11 is 0. The van der Waals surface area contributed by atoms with E-state index in [1.54, 1.807) is 0 Å². The molecule has 3 nitrogen and oxygen atoms in total. The smallest absolute Gasteiger partial charge is 0.244 e. The molecule has 3 atom stereocenters. The highest BCUT2D eigenvalue weighted by Crippen LogP contribution is 2.43. The highest BCUT2D eigenvalue weighted by Gasteiger charge is 2.58. The molecule has 1 amide bonds. The summed E-state index contributed by atoms with van der Waals surface area (Å²) in [4.78, 5) is 14.8. The van der Waals surface area contributed by atoms with Gasteiger partial charge in [-0.25, -0.2) is 0 Å². The van der Waals surface area contributed by atoms with Crippen molar-refractivity contribution in [2.45, 2.75) is 76.9 Å². The van der Waals surface area contributed by atoms with Crippen LogP contribution in [0.25, 0.3) is 0 Å². The first-order chi connectivity index (χ1) is 9.14. The van der Waals surface area contributed by atoms with Crippen LogP contribution in [0.15, 0.2) is 0 Å². The first-order valence-electron chi connectivity index (χ1n) is 8.23. The van der Waals surface area contributed by atoms with Crippen LogP contribution < -0.4 is 5.32 Å². The average Bonchev–Trinajstić information content (AvgIpc) is 3.11. The van der Waals surface area contributed by atoms with Gasteiger partial charge in [0, 0.05) is 6.54 Å². The van der Waals surface area contributed by atoms with Gasteiger partial charge in [-0.05, 0) is 43.9 Å². The van der Waals surface area contributed by atoms with Gasteiger partial charge in [0.15, 0.2) is 0 Å². The molecule has 1 aliphatic heterocycles. The fraction of sp³-hybridized carbons (Fsp3) is 0.938. The first-order valence-corrected chi connectivity index (χ1v) is 8.23. The summed E-state index contributed by atoms with van der Waals surface area (Å²) in [5.74, 6) is 2.00. The lowest BCUT2D eigenvalue weighted by Crippen LogP contribution is -2.41. The van der Waals surface area contributed by atoms with Crippen LogP contribution in [0.2, 0.25) is 0 Å². The lowest BCUT2D eigenvalue weighted by atomic mass is 9.82. The van der Waals surface area contributed by atoms with Gasteiger partial charge in [0.05, 0.1) is 11.7 Å². The van der Waals surface area contributed by atoms with Gasteiger partial charge in [0.1, 0.15) is 0 Å². The van der Waals surface area contributed by atoms with Gasteiger partial charge in [0.25, 0.3) is 0 Å². The van der Waals surface area contributed by atoms with Crippen molar-refractivity contribution in [3.05, 3.63) is 0 Å². The predicted octanol–water partition coefficient (Wildman–Crippen LogP) is 2.90. The highest BCUT2D eigenvalue weighted by molar-refractivity contribution is 5.91. The summed E-state index contributed by atoms with van der Waals surface area (Å²) in [6.07, 6.45) is 10.1. The van der Waals surface area contributed by atoms with Crippen LogP contribution in [0.1, 0.15) is 65.2 Å². The molecular weight excluding hydrogens is 236 g/mol. The molecule has 0 radical (unpaired) electrons. The molecule has 3 fully saturated rings. The third-order valence-corrected chi connectivity index (χ3v) is 5.30. The molecule has 0 aromatic carbocycles. The van der Waals surface area contributed by atoms with E-state index in [9.17, 15) is 4.79 Å². The van der Waals surface area contributed by atoms with E-state index in [2.05, 4.69) is 24.1 Å². The van der Waals surface area contributed by atoms with E-state index in [4.69, 9.17) is 0 Å². The van der Waals surface area contributed by atoms with Gasteiger partial charge in [-0.2, -0.15) is 0 Å². The Morgan fingerprint density at radius 1 is 1.37 bits per heavy atom. The molecule has 0 bridgehead atoms. The van der Waals surface area contributed by atoms with Crippen molar-refractivity contribution in [2.24, 2.45) is 11.8 Å². The molecule has 0 aromatic heterocycles. The van der Waals surface area contributed by atoms with E-state index in [0.29, 0.717) is 12.1 Å². The lowest BCUT2D eigenvalue weighted by Gasteiger charge is -2.32. The minimum atomic E-state index is -0.125. The fourth-order valence-corrected chi connectivity index (χ4v) is 4.07. The van der Waals surface area contributed by atoms with Gasteiger partial charge >= 0.3 is 0 Å². The summed E-state index contributed by atoms with van der Waals surface area (Å²) < 4.78 is 0. The van der Waals surface area contributed by atoms with Crippen LogP contribution in [0.4, 0.5) is 0 Å². The minimum Gasteiger partial charge on any atom is -0.325 e. The number of carbonyl (C=O) groups is 1. The number of nitrogens with zero attached hydrogens (tertiary/aromatic N) is 1. The van der Waals surface area contributed by atoms with Gasteiger partial charge in [0.2, 0.25) is 5.91 Å². The zero-order valence-corrected chi connectivity index (χ0v) is 12.5. The maximum atomic E-state index is 12.6. The maximum absolute atomic E-state index is 12.6. The second kappa shape index (κ2) is 5.08.